The van der Waals surface area contributed by atoms with Crippen LogP contribution < -0.4 is 10.6 Å². The second-order valence-electron chi connectivity index (χ2n) is 6.08. The van der Waals surface area contributed by atoms with Gasteiger partial charge in [-0.1, -0.05) is 12.1 Å². The van der Waals surface area contributed by atoms with Crippen LogP contribution in [-0.2, 0) is 9.53 Å². The minimum absolute atomic E-state index is 0.0352. The molecule has 2 aliphatic heterocycles. The van der Waals surface area contributed by atoms with E-state index in [1.54, 1.807) is 0 Å². The van der Waals surface area contributed by atoms with Gasteiger partial charge in [0, 0.05) is 24.8 Å². The fourth-order valence-corrected chi connectivity index (χ4v) is 3.16. The fourth-order valence-electron chi connectivity index (χ4n) is 3.16. The number of carbonyl (C=O) groups is 1. The first-order chi connectivity index (χ1) is 10.7. The number of nitrogens with zero attached hydrogens (tertiary/aromatic N) is 1. The molecule has 0 saturated carbocycles. The van der Waals surface area contributed by atoms with E-state index in [0.717, 1.165) is 51.4 Å². The van der Waals surface area contributed by atoms with Crippen LogP contribution in [0.2, 0.25) is 0 Å². The zero-order valence-electron chi connectivity index (χ0n) is 13.2. The molecular formula is C17H25N3O2. The van der Waals surface area contributed by atoms with Gasteiger partial charge in [-0.15, -0.1) is 0 Å². The van der Waals surface area contributed by atoms with Crippen LogP contribution in [0, 0.1) is 0 Å². The van der Waals surface area contributed by atoms with Gasteiger partial charge < -0.3 is 15.4 Å². The Bertz CT molecular complexity index is 491. The van der Waals surface area contributed by atoms with Crippen LogP contribution in [0.5, 0.6) is 0 Å². The van der Waals surface area contributed by atoms with Crippen molar-refractivity contribution in [1.29, 1.82) is 0 Å². The van der Waals surface area contributed by atoms with Gasteiger partial charge in [-0.05, 0) is 44.0 Å². The average molecular weight is 303 g/mol. The van der Waals surface area contributed by atoms with Gasteiger partial charge in [0.2, 0.25) is 5.91 Å². The van der Waals surface area contributed by atoms with Crippen molar-refractivity contribution in [3.8, 4) is 0 Å². The smallest absolute Gasteiger partial charge is 0.241 e. The first-order valence-electron chi connectivity index (χ1n) is 8.20. The third kappa shape index (κ3) is 3.66. The molecule has 1 aromatic carbocycles. The number of hydrogen-bond acceptors (Lipinski definition) is 4. The first-order valence-corrected chi connectivity index (χ1v) is 8.20. The van der Waals surface area contributed by atoms with Crippen molar-refractivity contribution < 1.29 is 9.53 Å². The van der Waals surface area contributed by atoms with Crippen molar-refractivity contribution in [1.82, 2.24) is 10.2 Å². The van der Waals surface area contributed by atoms with Crippen molar-refractivity contribution >= 4 is 11.6 Å². The third-order valence-electron chi connectivity index (χ3n) is 4.63. The molecule has 3 rings (SSSR count). The summed E-state index contributed by atoms with van der Waals surface area (Å²) in [7, 11) is 0. The summed E-state index contributed by atoms with van der Waals surface area (Å²) in [5, 5.41) is 6.21. The Morgan fingerprint density at radius 1 is 1.32 bits per heavy atom. The van der Waals surface area contributed by atoms with Gasteiger partial charge in [0.05, 0.1) is 19.3 Å². The molecular weight excluding hydrogens is 278 g/mol. The molecule has 0 spiro atoms. The van der Waals surface area contributed by atoms with Gasteiger partial charge in [0.25, 0.3) is 0 Å². The number of benzene rings is 1. The summed E-state index contributed by atoms with van der Waals surface area (Å²) in [6.07, 6.45) is 2.01. The lowest BCUT2D eigenvalue weighted by molar-refractivity contribution is -0.117. The molecule has 0 aromatic heterocycles. The van der Waals surface area contributed by atoms with Crippen molar-refractivity contribution in [3.05, 3.63) is 29.8 Å². The third-order valence-corrected chi connectivity index (χ3v) is 4.63. The number of carbonyl (C=O) groups excluding carboxylic acids is 1. The van der Waals surface area contributed by atoms with E-state index in [1.807, 2.05) is 12.1 Å². The van der Waals surface area contributed by atoms with Crippen LogP contribution in [0.3, 0.4) is 0 Å². The summed E-state index contributed by atoms with van der Waals surface area (Å²) < 4.78 is 5.40. The molecule has 22 heavy (non-hydrogen) atoms. The summed E-state index contributed by atoms with van der Waals surface area (Å²) in [6, 6.07) is 8.56. The molecule has 2 saturated heterocycles. The molecule has 2 atom stereocenters. The van der Waals surface area contributed by atoms with Gasteiger partial charge in [-0.2, -0.15) is 0 Å². The molecule has 2 heterocycles. The van der Waals surface area contributed by atoms with Gasteiger partial charge in [0.1, 0.15) is 0 Å². The van der Waals surface area contributed by atoms with Crippen LogP contribution >= 0.6 is 0 Å². The first kappa shape index (κ1) is 15.5. The van der Waals surface area contributed by atoms with Crippen LogP contribution in [0.15, 0.2) is 24.3 Å². The summed E-state index contributed by atoms with van der Waals surface area (Å²) in [5.41, 5.74) is 2.15. The van der Waals surface area contributed by atoms with Crippen molar-refractivity contribution in [2.45, 2.75) is 31.8 Å². The lowest BCUT2D eigenvalue weighted by Gasteiger charge is -2.32. The standard InChI is InChI=1S/C17H25N3O2/c1-13(20-9-11-22-12-10-20)14-4-6-15(7-5-14)19-17(21)16-3-2-8-18-16/h4-7,13,16,18H,2-3,8-12H2,1H3,(H,19,21). The summed E-state index contributed by atoms with van der Waals surface area (Å²) in [4.78, 5) is 14.5. The predicted octanol–water partition coefficient (Wildman–Crippen LogP) is 1.77. The van der Waals surface area contributed by atoms with E-state index in [2.05, 4.69) is 34.6 Å². The largest absolute Gasteiger partial charge is 0.379 e. The van der Waals surface area contributed by atoms with Crippen molar-refractivity contribution in [2.24, 2.45) is 0 Å². The number of amides is 1. The maximum atomic E-state index is 12.1. The number of hydrogen-bond donors (Lipinski definition) is 2. The molecule has 1 amide bonds. The Hall–Kier alpha value is -1.43. The van der Waals surface area contributed by atoms with Crippen LogP contribution in [0.4, 0.5) is 5.69 Å². The second-order valence-corrected chi connectivity index (χ2v) is 6.08. The quantitative estimate of drug-likeness (QED) is 0.890. The van der Waals surface area contributed by atoms with Gasteiger partial charge in [0.15, 0.2) is 0 Å². The molecule has 0 bridgehead atoms. The Morgan fingerprint density at radius 2 is 2.05 bits per heavy atom. The zero-order chi connectivity index (χ0) is 15.4. The SMILES string of the molecule is CC(c1ccc(NC(=O)C2CCCN2)cc1)N1CCOCC1. The van der Waals surface area contributed by atoms with E-state index in [-0.39, 0.29) is 11.9 Å². The van der Waals surface area contributed by atoms with Crippen LogP contribution in [0.1, 0.15) is 31.4 Å². The fraction of sp³-hybridized carbons (Fsp3) is 0.588. The van der Waals surface area contributed by atoms with Gasteiger partial charge in [-0.3, -0.25) is 9.69 Å². The number of nitrogens with one attached hydrogen (secondary N) is 2. The lowest BCUT2D eigenvalue weighted by atomic mass is 10.1. The summed E-state index contributed by atoms with van der Waals surface area (Å²) in [5.74, 6) is 0.0754. The van der Waals surface area contributed by atoms with E-state index < -0.39 is 0 Å². The summed E-state index contributed by atoms with van der Waals surface area (Å²) in [6.45, 7) is 6.75. The molecule has 0 radical (unpaired) electrons. The molecule has 120 valence electrons. The molecule has 0 aliphatic carbocycles. The van der Waals surface area contributed by atoms with E-state index >= 15 is 0 Å². The minimum Gasteiger partial charge on any atom is -0.379 e. The molecule has 1 aromatic rings. The summed E-state index contributed by atoms with van der Waals surface area (Å²) >= 11 is 0. The highest BCUT2D eigenvalue weighted by Gasteiger charge is 2.22. The van der Waals surface area contributed by atoms with Gasteiger partial charge >= 0.3 is 0 Å². The Balaban J connectivity index is 1.58. The monoisotopic (exact) mass is 303 g/mol. The minimum atomic E-state index is -0.0352. The van der Waals surface area contributed by atoms with Crippen molar-refractivity contribution in [3.63, 3.8) is 0 Å². The topological polar surface area (TPSA) is 53.6 Å². The predicted molar refractivity (Wildman–Crippen MR) is 86.9 cm³/mol. The van der Waals surface area contributed by atoms with Crippen LogP contribution in [0.25, 0.3) is 0 Å². The molecule has 2 N–H and O–H groups in total. The highest BCUT2D eigenvalue weighted by Crippen LogP contribution is 2.23. The van der Waals surface area contributed by atoms with E-state index in [9.17, 15) is 4.79 Å². The Kier molecular flexibility index (Phi) is 5.08. The van der Waals surface area contributed by atoms with Gasteiger partial charge in [-0.25, -0.2) is 0 Å². The zero-order valence-corrected chi connectivity index (χ0v) is 13.2. The molecule has 2 unspecified atom stereocenters. The maximum absolute atomic E-state index is 12.1. The molecule has 2 aliphatic rings. The second kappa shape index (κ2) is 7.22. The highest BCUT2D eigenvalue weighted by molar-refractivity contribution is 5.95. The normalized spacial score (nSPS) is 24.1. The van der Waals surface area contributed by atoms with Crippen LogP contribution in [-0.4, -0.2) is 49.7 Å². The Morgan fingerprint density at radius 3 is 2.68 bits per heavy atom. The highest BCUT2D eigenvalue weighted by atomic mass is 16.5. The molecule has 5 nitrogen and oxygen atoms in total. The lowest BCUT2D eigenvalue weighted by Crippen LogP contribution is -2.38. The van der Waals surface area contributed by atoms with E-state index in [0.29, 0.717) is 6.04 Å². The van der Waals surface area contributed by atoms with E-state index in [1.165, 1.54) is 5.56 Å². The number of rotatable bonds is 4. The Labute approximate surface area is 132 Å². The maximum Gasteiger partial charge on any atom is 0.241 e. The molecule has 2 fully saturated rings. The van der Waals surface area contributed by atoms with Crippen molar-refractivity contribution in [2.75, 3.05) is 38.2 Å². The number of ether oxygens (including phenoxy) is 1. The van der Waals surface area contributed by atoms with E-state index in [4.69, 9.17) is 4.74 Å². The average Bonchev–Trinajstić information content (AvgIpc) is 3.10. The number of anilines is 1. The number of morpholine rings is 1. The molecule has 5 heteroatoms.